The molecule has 0 atom stereocenters. The molecule has 0 saturated carbocycles. The molecule has 0 fully saturated rings. The second-order valence-electron chi connectivity index (χ2n) is 3.57. The van der Waals surface area contributed by atoms with Crippen LogP contribution in [0.1, 0.15) is 25.3 Å². The Bertz CT molecular complexity index is 407. The Morgan fingerprint density at radius 1 is 1.33 bits per heavy atom. The van der Waals surface area contributed by atoms with Gasteiger partial charge in [0.2, 0.25) is 0 Å². The van der Waals surface area contributed by atoms with Gasteiger partial charge in [-0.05, 0) is 24.5 Å². The summed E-state index contributed by atoms with van der Waals surface area (Å²) in [6.07, 6.45) is 10.8. The van der Waals surface area contributed by atoms with Crippen molar-refractivity contribution in [2.75, 3.05) is 0 Å². The third-order valence-corrected chi connectivity index (χ3v) is 2.46. The van der Waals surface area contributed by atoms with Crippen LogP contribution >= 0.6 is 0 Å². The van der Waals surface area contributed by atoms with Crippen molar-refractivity contribution in [1.29, 1.82) is 0 Å². The first kappa shape index (κ1) is 9.90. The quantitative estimate of drug-likeness (QED) is 0.826. The normalized spacial score (nSPS) is 10.5. The highest BCUT2D eigenvalue weighted by Crippen LogP contribution is 2.20. The van der Waals surface area contributed by atoms with Gasteiger partial charge in [-0.15, -0.1) is 0 Å². The predicted molar refractivity (Wildman–Crippen MR) is 60.4 cm³/mol. The minimum Gasteiger partial charge on any atom is -0.345 e. The van der Waals surface area contributed by atoms with E-state index >= 15 is 0 Å². The van der Waals surface area contributed by atoms with Gasteiger partial charge in [0.1, 0.15) is 5.82 Å². The Kier molecular flexibility index (Phi) is 3.12. The molecule has 0 aliphatic carbocycles. The fraction of sp³-hybridized carbons (Fsp3) is 0.333. The van der Waals surface area contributed by atoms with Crippen molar-refractivity contribution >= 4 is 0 Å². The van der Waals surface area contributed by atoms with Crippen molar-refractivity contribution in [1.82, 2.24) is 15.0 Å². The predicted octanol–water partition coefficient (Wildman–Crippen LogP) is 2.81. The number of aryl methyl sites for hydroxylation is 1. The van der Waals surface area contributed by atoms with E-state index in [2.05, 4.69) is 27.9 Å². The van der Waals surface area contributed by atoms with Crippen molar-refractivity contribution in [3.8, 4) is 11.4 Å². The van der Waals surface area contributed by atoms with Gasteiger partial charge < -0.3 is 4.98 Å². The Labute approximate surface area is 89.6 Å². The van der Waals surface area contributed by atoms with E-state index < -0.39 is 0 Å². The molecule has 0 aliphatic heterocycles. The molecule has 3 nitrogen and oxygen atoms in total. The Morgan fingerprint density at radius 2 is 2.27 bits per heavy atom. The number of nitrogens with one attached hydrogen (secondary N) is 1. The van der Waals surface area contributed by atoms with Crippen LogP contribution in [0.4, 0.5) is 0 Å². The Balaban J connectivity index is 2.30. The third kappa shape index (κ3) is 2.24. The van der Waals surface area contributed by atoms with Crippen LogP contribution in [-0.2, 0) is 6.42 Å². The summed E-state index contributed by atoms with van der Waals surface area (Å²) in [6, 6.07) is 2.08. The van der Waals surface area contributed by atoms with Crippen molar-refractivity contribution in [2.24, 2.45) is 0 Å². The fourth-order valence-corrected chi connectivity index (χ4v) is 1.63. The molecular weight excluding hydrogens is 186 g/mol. The number of hydrogen-bond acceptors (Lipinski definition) is 2. The molecule has 78 valence electrons. The molecule has 0 amide bonds. The SMILES string of the molecule is CCCCc1ccncc1-c1ncc[nH]1. The molecule has 0 bridgehead atoms. The lowest BCUT2D eigenvalue weighted by molar-refractivity contribution is 0.794. The molecule has 3 heteroatoms. The number of aromatic nitrogens is 3. The van der Waals surface area contributed by atoms with Gasteiger partial charge in [-0.1, -0.05) is 13.3 Å². The number of unbranched alkanes of at least 4 members (excludes halogenated alkanes) is 1. The lowest BCUT2D eigenvalue weighted by atomic mass is 10.0. The van der Waals surface area contributed by atoms with Crippen LogP contribution < -0.4 is 0 Å². The fourth-order valence-electron chi connectivity index (χ4n) is 1.63. The van der Waals surface area contributed by atoms with E-state index in [4.69, 9.17) is 0 Å². The van der Waals surface area contributed by atoms with Gasteiger partial charge in [0.05, 0.1) is 0 Å². The first-order valence-electron chi connectivity index (χ1n) is 5.34. The molecule has 0 saturated heterocycles. The summed E-state index contributed by atoms with van der Waals surface area (Å²) in [5, 5.41) is 0. The van der Waals surface area contributed by atoms with E-state index in [1.807, 2.05) is 18.6 Å². The number of aromatic amines is 1. The molecule has 0 unspecified atom stereocenters. The first-order valence-corrected chi connectivity index (χ1v) is 5.34. The highest BCUT2D eigenvalue weighted by Gasteiger charge is 2.05. The number of pyridine rings is 1. The maximum Gasteiger partial charge on any atom is 0.139 e. The van der Waals surface area contributed by atoms with Gasteiger partial charge in [0, 0.05) is 30.4 Å². The smallest absolute Gasteiger partial charge is 0.139 e. The number of H-pyrrole nitrogens is 1. The topological polar surface area (TPSA) is 41.6 Å². The Morgan fingerprint density at radius 3 is 3.00 bits per heavy atom. The van der Waals surface area contributed by atoms with E-state index in [9.17, 15) is 0 Å². The van der Waals surface area contributed by atoms with Gasteiger partial charge in [0.15, 0.2) is 0 Å². The number of hydrogen-bond donors (Lipinski definition) is 1. The molecule has 0 radical (unpaired) electrons. The average Bonchev–Trinajstić information content (AvgIpc) is 2.80. The van der Waals surface area contributed by atoms with Crippen LogP contribution in [-0.4, -0.2) is 15.0 Å². The van der Waals surface area contributed by atoms with Gasteiger partial charge in [-0.25, -0.2) is 4.98 Å². The molecule has 2 aromatic rings. The van der Waals surface area contributed by atoms with Crippen molar-refractivity contribution in [3.05, 3.63) is 36.4 Å². The van der Waals surface area contributed by atoms with Crippen molar-refractivity contribution in [3.63, 3.8) is 0 Å². The standard InChI is InChI=1S/C12H15N3/c1-2-3-4-10-5-6-13-9-11(10)12-14-7-8-15-12/h5-9H,2-4H2,1H3,(H,14,15). The minimum atomic E-state index is 0.911. The maximum atomic E-state index is 4.26. The molecule has 0 spiro atoms. The molecule has 0 aromatic carbocycles. The second-order valence-corrected chi connectivity index (χ2v) is 3.57. The number of imidazole rings is 1. The van der Waals surface area contributed by atoms with Crippen molar-refractivity contribution in [2.45, 2.75) is 26.2 Å². The van der Waals surface area contributed by atoms with E-state index in [1.165, 1.54) is 18.4 Å². The summed E-state index contributed by atoms with van der Waals surface area (Å²) in [6.45, 7) is 2.20. The monoisotopic (exact) mass is 201 g/mol. The van der Waals surface area contributed by atoms with Gasteiger partial charge in [-0.2, -0.15) is 0 Å². The van der Waals surface area contributed by atoms with Crippen LogP contribution in [0.3, 0.4) is 0 Å². The molecule has 15 heavy (non-hydrogen) atoms. The number of nitrogens with zero attached hydrogens (tertiary/aromatic N) is 2. The van der Waals surface area contributed by atoms with E-state index in [1.54, 1.807) is 6.20 Å². The highest BCUT2D eigenvalue weighted by molar-refractivity contribution is 5.58. The molecule has 2 rings (SSSR count). The lowest BCUT2D eigenvalue weighted by Crippen LogP contribution is -1.92. The summed E-state index contributed by atoms with van der Waals surface area (Å²) in [5.74, 6) is 0.911. The van der Waals surface area contributed by atoms with Crippen LogP contribution in [0.2, 0.25) is 0 Å². The van der Waals surface area contributed by atoms with Crippen LogP contribution in [0.5, 0.6) is 0 Å². The van der Waals surface area contributed by atoms with Crippen molar-refractivity contribution < 1.29 is 0 Å². The molecule has 2 aromatic heterocycles. The molecule has 2 heterocycles. The molecule has 1 N–H and O–H groups in total. The lowest BCUT2D eigenvalue weighted by Gasteiger charge is -2.05. The summed E-state index contributed by atoms with van der Waals surface area (Å²) < 4.78 is 0. The zero-order valence-electron chi connectivity index (χ0n) is 8.90. The average molecular weight is 201 g/mol. The zero-order valence-corrected chi connectivity index (χ0v) is 8.90. The summed E-state index contributed by atoms with van der Waals surface area (Å²) in [4.78, 5) is 11.5. The van der Waals surface area contributed by atoms with Crippen LogP contribution in [0, 0.1) is 0 Å². The summed E-state index contributed by atoms with van der Waals surface area (Å²) >= 11 is 0. The van der Waals surface area contributed by atoms with Gasteiger partial charge in [-0.3, -0.25) is 4.98 Å². The largest absolute Gasteiger partial charge is 0.345 e. The van der Waals surface area contributed by atoms with E-state index in [0.29, 0.717) is 0 Å². The first-order chi connectivity index (χ1) is 7.42. The minimum absolute atomic E-state index is 0.911. The van der Waals surface area contributed by atoms with Crippen LogP contribution in [0.25, 0.3) is 11.4 Å². The zero-order chi connectivity index (χ0) is 10.5. The van der Waals surface area contributed by atoms with Crippen LogP contribution in [0.15, 0.2) is 30.9 Å². The molecular formula is C12H15N3. The van der Waals surface area contributed by atoms with E-state index in [-0.39, 0.29) is 0 Å². The second kappa shape index (κ2) is 4.73. The summed E-state index contributed by atoms with van der Waals surface area (Å²) in [5.41, 5.74) is 2.44. The Hall–Kier alpha value is -1.64. The van der Waals surface area contributed by atoms with Gasteiger partial charge in [0.25, 0.3) is 0 Å². The third-order valence-electron chi connectivity index (χ3n) is 2.46. The van der Waals surface area contributed by atoms with Gasteiger partial charge >= 0.3 is 0 Å². The molecule has 0 aliphatic rings. The number of rotatable bonds is 4. The highest BCUT2D eigenvalue weighted by atomic mass is 14.9. The van der Waals surface area contributed by atoms with E-state index in [0.717, 1.165) is 17.8 Å². The maximum absolute atomic E-state index is 4.26. The summed E-state index contributed by atoms with van der Waals surface area (Å²) in [7, 11) is 0.